The Morgan fingerprint density at radius 1 is 1.43 bits per heavy atom. The number of carboxylic acid groups (broad SMARTS) is 1. The number of anilines is 1. The zero-order valence-electron chi connectivity index (χ0n) is 7.57. The molecule has 14 heavy (non-hydrogen) atoms. The van der Waals surface area contributed by atoms with Crippen LogP contribution in [0.15, 0.2) is 24.3 Å². The summed E-state index contributed by atoms with van der Waals surface area (Å²) in [5.41, 5.74) is 0.994. The van der Waals surface area contributed by atoms with E-state index in [0.29, 0.717) is 5.00 Å². The van der Waals surface area contributed by atoms with Gasteiger partial charge in [0, 0.05) is 4.70 Å². The number of nitrogens with one attached hydrogen (secondary N) is 1. The summed E-state index contributed by atoms with van der Waals surface area (Å²) in [6, 6.07) is 7.88. The number of benzene rings is 1. The van der Waals surface area contributed by atoms with Crippen LogP contribution in [0.3, 0.4) is 0 Å². The fourth-order valence-electron chi connectivity index (χ4n) is 1.39. The number of hydrogen-bond donors (Lipinski definition) is 2. The first-order valence-corrected chi connectivity index (χ1v) is 4.98. The van der Waals surface area contributed by atoms with Gasteiger partial charge in [0.2, 0.25) is 0 Å². The van der Waals surface area contributed by atoms with Crippen LogP contribution < -0.4 is 5.32 Å². The molecular weight excluding hydrogens is 198 g/mol. The Kier molecular flexibility index (Phi) is 2.13. The first-order valence-electron chi connectivity index (χ1n) is 4.16. The molecule has 0 atom stereocenters. The fraction of sp³-hybridized carbons (Fsp3) is 0.100. The highest BCUT2D eigenvalue weighted by Crippen LogP contribution is 2.34. The van der Waals surface area contributed by atoms with Crippen molar-refractivity contribution >= 4 is 32.5 Å². The SMILES string of the molecule is Cc1c(NC(=O)O)sc2ccccc12. The van der Waals surface area contributed by atoms with E-state index in [2.05, 4.69) is 5.32 Å². The monoisotopic (exact) mass is 207 g/mol. The first kappa shape index (κ1) is 9.02. The molecule has 2 rings (SSSR count). The molecule has 1 heterocycles. The first-order chi connectivity index (χ1) is 6.68. The molecule has 0 aliphatic carbocycles. The molecule has 0 unspecified atom stereocenters. The molecule has 0 aliphatic heterocycles. The normalized spacial score (nSPS) is 10.4. The second-order valence-corrected chi connectivity index (χ2v) is 4.03. The van der Waals surface area contributed by atoms with Crippen LogP contribution in [0.2, 0.25) is 0 Å². The third-order valence-electron chi connectivity index (χ3n) is 2.06. The number of thiophene rings is 1. The van der Waals surface area contributed by atoms with Crippen LogP contribution in [0.5, 0.6) is 0 Å². The topological polar surface area (TPSA) is 49.3 Å². The van der Waals surface area contributed by atoms with Gasteiger partial charge in [0.25, 0.3) is 0 Å². The maximum absolute atomic E-state index is 10.5. The van der Waals surface area contributed by atoms with Gasteiger partial charge < -0.3 is 5.11 Å². The summed E-state index contributed by atoms with van der Waals surface area (Å²) >= 11 is 1.46. The Morgan fingerprint density at radius 3 is 2.79 bits per heavy atom. The lowest BCUT2D eigenvalue weighted by Crippen LogP contribution is -2.06. The lowest BCUT2D eigenvalue weighted by atomic mass is 10.2. The second kappa shape index (κ2) is 3.31. The number of amides is 1. The number of carbonyl (C=O) groups is 1. The van der Waals surface area contributed by atoms with Crippen LogP contribution >= 0.6 is 11.3 Å². The number of fused-ring (bicyclic) bond motifs is 1. The summed E-state index contributed by atoms with van der Waals surface area (Å²) in [4.78, 5) is 10.5. The van der Waals surface area contributed by atoms with Gasteiger partial charge in [-0.3, -0.25) is 5.32 Å². The molecular formula is C10H9NO2S. The van der Waals surface area contributed by atoms with Crippen LogP contribution in [0.25, 0.3) is 10.1 Å². The molecule has 72 valence electrons. The van der Waals surface area contributed by atoms with Gasteiger partial charge >= 0.3 is 6.09 Å². The van der Waals surface area contributed by atoms with E-state index in [4.69, 9.17) is 5.11 Å². The molecule has 2 N–H and O–H groups in total. The van der Waals surface area contributed by atoms with Crippen molar-refractivity contribution in [2.45, 2.75) is 6.92 Å². The minimum Gasteiger partial charge on any atom is -0.465 e. The predicted molar refractivity (Wildman–Crippen MR) is 58.2 cm³/mol. The van der Waals surface area contributed by atoms with E-state index in [9.17, 15) is 4.79 Å². The van der Waals surface area contributed by atoms with Gasteiger partial charge in [0.1, 0.15) is 5.00 Å². The smallest absolute Gasteiger partial charge is 0.409 e. The summed E-state index contributed by atoms with van der Waals surface area (Å²) in [5, 5.41) is 12.8. The second-order valence-electron chi connectivity index (χ2n) is 2.98. The lowest BCUT2D eigenvalue weighted by Gasteiger charge is -1.96. The van der Waals surface area contributed by atoms with Crippen LogP contribution in [0.1, 0.15) is 5.56 Å². The Morgan fingerprint density at radius 2 is 2.14 bits per heavy atom. The molecule has 0 fully saturated rings. The van der Waals surface area contributed by atoms with Crippen molar-refractivity contribution in [1.82, 2.24) is 0 Å². The van der Waals surface area contributed by atoms with Crippen molar-refractivity contribution in [2.24, 2.45) is 0 Å². The highest BCUT2D eigenvalue weighted by Gasteiger charge is 2.08. The number of aryl methyl sites for hydroxylation is 1. The minimum absolute atomic E-state index is 0.707. The highest BCUT2D eigenvalue weighted by atomic mass is 32.1. The Hall–Kier alpha value is -1.55. The molecule has 1 aromatic heterocycles. The molecule has 4 heteroatoms. The van der Waals surface area contributed by atoms with Gasteiger partial charge in [-0.1, -0.05) is 18.2 Å². The predicted octanol–water partition coefficient (Wildman–Crippen LogP) is 3.30. The van der Waals surface area contributed by atoms with Crippen molar-refractivity contribution in [3.05, 3.63) is 29.8 Å². The summed E-state index contributed by atoms with van der Waals surface area (Å²) < 4.78 is 1.11. The van der Waals surface area contributed by atoms with E-state index >= 15 is 0 Å². The van der Waals surface area contributed by atoms with Gasteiger partial charge in [-0.2, -0.15) is 0 Å². The van der Waals surface area contributed by atoms with Crippen LogP contribution in [-0.2, 0) is 0 Å². The minimum atomic E-state index is -1.01. The Balaban J connectivity index is 2.57. The molecule has 0 aliphatic rings. The standard InChI is InChI=1S/C10H9NO2S/c1-6-7-4-2-3-5-8(7)14-9(6)11-10(12)13/h2-5,11H,1H3,(H,12,13). The Labute approximate surface area is 85.0 Å². The van der Waals surface area contributed by atoms with E-state index < -0.39 is 6.09 Å². The molecule has 0 saturated heterocycles. The Bertz CT molecular complexity index is 490. The zero-order chi connectivity index (χ0) is 10.1. The third-order valence-corrected chi connectivity index (χ3v) is 3.25. The molecule has 0 bridgehead atoms. The molecule has 0 spiro atoms. The molecule has 0 saturated carbocycles. The molecule has 1 amide bonds. The summed E-state index contributed by atoms with van der Waals surface area (Å²) in [6.45, 7) is 1.92. The van der Waals surface area contributed by atoms with Crippen molar-refractivity contribution in [2.75, 3.05) is 5.32 Å². The van der Waals surface area contributed by atoms with E-state index in [0.717, 1.165) is 15.6 Å². The maximum Gasteiger partial charge on any atom is 0.409 e. The fourth-order valence-corrected chi connectivity index (χ4v) is 2.49. The summed E-state index contributed by atoms with van der Waals surface area (Å²) in [5.74, 6) is 0. The molecule has 3 nitrogen and oxygen atoms in total. The highest BCUT2D eigenvalue weighted by molar-refractivity contribution is 7.23. The van der Waals surface area contributed by atoms with E-state index in [1.807, 2.05) is 31.2 Å². The van der Waals surface area contributed by atoms with Crippen LogP contribution in [0.4, 0.5) is 9.80 Å². The number of rotatable bonds is 1. The van der Waals surface area contributed by atoms with Crippen molar-refractivity contribution in [3.8, 4) is 0 Å². The quantitative estimate of drug-likeness (QED) is 0.753. The third kappa shape index (κ3) is 1.44. The van der Waals surface area contributed by atoms with E-state index in [1.165, 1.54) is 11.3 Å². The van der Waals surface area contributed by atoms with E-state index in [-0.39, 0.29) is 0 Å². The number of hydrogen-bond acceptors (Lipinski definition) is 2. The van der Waals surface area contributed by atoms with Crippen LogP contribution in [0, 0.1) is 6.92 Å². The van der Waals surface area contributed by atoms with E-state index in [1.54, 1.807) is 0 Å². The van der Waals surface area contributed by atoms with Crippen molar-refractivity contribution in [3.63, 3.8) is 0 Å². The lowest BCUT2D eigenvalue weighted by molar-refractivity contribution is 0.210. The maximum atomic E-state index is 10.5. The molecule has 0 radical (unpaired) electrons. The zero-order valence-corrected chi connectivity index (χ0v) is 8.39. The largest absolute Gasteiger partial charge is 0.465 e. The molecule has 1 aromatic carbocycles. The van der Waals surface area contributed by atoms with Crippen molar-refractivity contribution in [1.29, 1.82) is 0 Å². The van der Waals surface area contributed by atoms with Gasteiger partial charge in [0.05, 0.1) is 0 Å². The average molecular weight is 207 g/mol. The average Bonchev–Trinajstić information content (AvgIpc) is 2.44. The van der Waals surface area contributed by atoms with Crippen LogP contribution in [-0.4, -0.2) is 11.2 Å². The van der Waals surface area contributed by atoms with Gasteiger partial charge in [-0.05, 0) is 23.9 Å². The van der Waals surface area contributed by atoms with Crippen molar-refractivity contribution < 1.29 is 9.90 Å². The van der Waals surface area contributed by atoms with Gasteiger partial charge in [0.15, 0.2) is 0 Å². The summed E-state index contributed by atoms with van der Waals surface area (Å²) in [7, 11) is 0. The van der Waals surface area contributed by atoms with Gasteiger partial charge in [-0.15, -0.1) is 11.3 Å². The summed E-state index contributed by atoms with van der Waals surface area (Å²) in [6.07, 6.45) is -1.01. The molecule has 2 aromatic rings. The van der Waals surface area contributed by atoms with Gasteiger partial charge in [-0.25, -0.2) is 4.79 Å².